The van der Waals surface area contributed by atoms with E-state index in [2.05, 4.69) is 49.9 Å². The number of hydrogen-bond donors (Lipinski definition) is 0. The molecule has 7 nitrogen and oxygen atoms in total. The van der Waals surface area contributed by atoms with Crippen molar-refractivity contribution in [2.75, 3.05) is 37.6 Å². The van der Waals surface area contributed by atoms with E-state index in [0.29, 0.717) is 43.5 Å². The van der Waals surface area contributed by atoms with E-state index in [0.717, 1.165) is 19.4 Å². The van der Waals surface area contributed by atoms with E-state index in [-0.39, 0.29) is 16.8 Å². The van der Waals surface area contributed by atoms with E-state index in [9.17, 15) is 13.2 Å². The van der Waals surface area contributed by atoms with Crippen LogP contribution in [0.15, 0.2) is 35.2 Å². The van der Waals surface area contributed by atoms with Gasteiger partial charge in [0, 0.05) is 57.2 Å². The average molecular weight is 473 g/mol. The first-order chi connectivity index (χ1) is 15.6. The molecule has 0 radical (unpaired) electrons. The number of piperidine rings is 1. The van der Waals surface area contributed by atoms with Crippen molar-refractivity contribution in [1.82, 2.24) is 13.8 Å². The average Bonchev–Trinajstić information content (AvgIpc) is 3.08. The minimum atomic E-state index is -3.61. The van der Waals surface area contributed by atoms with Crippen molar-refractivity contribution >= 4 is 21.6 Å². The normalized spacial score (nSPS) is 20.9. The summed E-state index contributed by atoms with van der Waals surface area (Å²) in [5.41, 5.74) is 3.44. The molecule has 1 amide bonds. The van der Waals surface area contributed by atoms with Gasteiger partial charge in [0.1, 0.15) is 10.6 Å². The molecule has 8 heteroatoms. The number of benzene rings is 1. The molecule has 2 aliphatic heterocycles. The van der Waals surface area contributed by atoms with Crippen LogP contribution >= 0.6 is 0 Å². The van der Waals surface area contributed by atoms with Crippen molar-refractivity contribution < 1.29 is 13.2 Å². The van der Waals surface area contributed by atoms with Crippen molar-refractivity contribution in [3.05, 3.63) is 47.3 Å². The maximum atomic E-state index is 13.5. The summed E-state index contributed by atoms with van der Waals surface area (Å²) in [5.74, 6) is 0.441. The molecule has 33 heavy (non-hydrogen) atoms. The van der Waals surface area contributed by atoms with Crippen LogP contribution in [-0.2, 0) is 17.1 Å². The largest absolute Gasteiger partial charge is 0.365 e. The number of hydrogen-bond acceptors (Lipinski definition) is 4. The molecule has 2 aliphatic rings. The highest BCUT2D eigenvalue weighted by Crippen LogP contribution is 2.29. The summed E-state index contributed by atoms with van der Waals surface area (Å²) in [6, 6.07) is 10.2. The number of carbonyl (C=O) groups excluding carboxylic acids is 1. The number of aromatic nitrogens is 1. The molecular formula is C25H36N4O3S. The molecule has 0 bridgehead atoms. The van der Waals surface area contributed by atoms with Gasteiger partial charge in [-0.2, -0.15) is 4.31 Å². The van der Waals surface area contributed by atoms with Gasteiger partial charge in [-0.05, 0) is 63.3 Å². The lowest BCUT2D eigenvalue weighted by atomic mass is 10.0. The molecule has 0 spiro atoms. The summed E-state index contributed by atoms with van der Waals surface area (Å²) in [6.45, 7) is 11.2. The van der Waals surface area contributed by atoms with Crippen molar-refractivity contribution in [2.24, 2.45) is 13.0 Å². The Labute approximate surface area is 198 Å². The van der Waals surface area contributed by atoms with Crippen molar-refractivity contribution in [2.45, 2.75) is 51.5 Å². The lowest BCUT2D eigenvalue weighted by Crippen LogP contribution is -2.54. The van der Waals surface area contributed by atoms with Crippen LogP contribution in [0.2, 0.25) is 0 Å². The Morgan fingerprint density at radius 3 is 2.33 bits per heavy atom. The first kappa shape index (κ1) is 23.8. The maximum Gasteiger partial charge on any atom is 0.270 e. The molecule has 0 N–H and O–H groups in total. The number of amides is 1. The Bertz CT molecular complexity index is 1130. The second kappa shape index (κ2) is 9.14. The van der Waals surface area contributed by atoms with Gasteiger partial charge in [-0.15, -0.1) is 0 Å². The fraction of sp³-hybridized carbons (Fsp3) is 0.560. The Balaban J connectivity index is 1.53. The highest BCUT2D eigenvalue weighted by Gasteiger charge is 2.34. The zero-order chi connectivity index (χ0) is 23.9. The van der Waals surface area contributed by atoms with E-state index >= 15 is 0 Å². The fourth-order valence-corrected chi connectivity index (χ4v) is 6.74. The van der Waals surface area contributed by atoms with Crippen LogP contribution in [0, 0.1) is 19.8 Å². The number of anilines is 1. The number of sulfonamides is 1. The third kappa shape index (κ3) is 4.55. The first-order valence-electron chi connectivity index (χ1n) is 11.9. The lowest BCUT2D eigenvalue weighted by Gasteiger charge is -2.41. The summed E-state index contributed by atoms with van der Waals surface area (Å²) >= 11 is 0. The van der Waals surface area contributed by atoms with Crippen LogP contribution in [0.25, 0.3) is 0 Å². The smallest absolute Gasteiger partial charge is 0.270 e. The van der Waals surface area contributed by atoms with Gasteiger partial charge in [0.25, 0.3) is 5.91 Å². The standard InChI is InChI=1S/C25H36N4O3S/c1-18-9-11-28(12-10-18)33(31,32)24-16-23(26(5)21(24)4)25(30)27-13-14-29(20(3)17-27)22-8-6-7-19(2)15-22/h6-8,15-16,18,20H,9-14,17H2,1-5H3. The molecule has 1 aromatic carbocycles. The number of carbonyl (C=O) groups is 1. The second-order valence-electron chi connectivity index (χ2n) is 9.76. The molecule has 1 aromatic heterocycles. The Hall–Kier alpha value is -2.32. The predicted octanol–water partition coefficient (Wildman–Crippen LogP) is 3.41. The molecule has 1 unspecified atom stereocenters. The summed E-state index contributed by atoms with van der Waals surface area (Å²) in [6.07, 6.45) is 1.75. The zero-order valence-electron chi connectivity index (χ0n) is 20.4. The molecule has 2 aromatic rings. The van der Waals surface area contributed by atoms with Crippen LogP contribution in [0.5, 0.6) is 0 Å². The van der Waals surface area contributed by atoms with Gasteiger partial charge in [0.15, 0.2) is 0 Å². The van der Waals surface area contributed by atoms with E-state index in [1.54, 1.807) is 28.9 Å². The summed E-state index contributed by atoms with van der Waals surface area (Å²) in [4.78, 5) is 17.9. The highest BCUT2D eigenvalue weighted by atomic mass is 32.2. The highest BCUT2D eigenvalue weighted by molar-refractivity contribution is 7.89. The molecule has 2 saturated heterocycles. The van der Waals surface area contributed by atoms with E-state index < -0.39 is 10.0 Å². The molecule has 0 aliphatic carbocycles. The van der Waals surface area contributed by atoms with Crippen molar-refractivity contribution in [3.63, 3.8) is 0 Å². The Kier molecular flexibility index (Phi) is 6.60. The van der Waals surface area contributed by atoms with Crippen LogP contribution in [0.4, 0.5) is 5.69 Å². The zero-order valence-corrected chi connectivity index (χ0v) is 21.2. The van der Waals surface area contributed by atoms with Crippen LogP contribution < -0.4 is 4.90 Å². The van der Waals surface area contributed by atoms with Crippen LogP contribution in [-0.4, -0.2) is 66.9 Å². The quantitative estimate of drug-likeness (QED) is 0.684. The number of rotatable bonds is 4. The topological polar surface area (TPSA) is 65.9 Å². The van der Waals surface area contributed by atoms with Gasteiger partial charge in [-0.25, -0.2) is 8.42 Å². The Morgan fingerprint density at radius 2 is 1.70 bits per heavy atom. The first-order valence-corrected chi connectivity index (χ1v) is 13.3. The number of nitrogens with zero attached hydrogens (tertiary/aromatic N) is 4. The molecule has 2 fully saturated rings. The fourth-order valence-electron chi connectivity index (χ4n) is 5.00. The van der Waals surface area contributed by atoms with Gasteiger partial charge in [-0.3, -0.25) is 4.79 Å². The molecule has 180 valence electrons. The molecule has 0 saturated carbocycles. The third-order valence-corrected chi connectivity index (χ3v) is 9.33. The van der Waals surface area contributed by atoms with Crippen LogP contribution in [0.1, 0.15) is 48.4 Å². The molecular weight excluding hydrogens is 436 g/mol. The summed E-state index contributed by atoms with van der Waals surface area (Å²) < 4.78 is 30.0. The lowest BCUT2D eigenvalue weighted by molar-refractivity contribution is 0.0716. The van der Waals surface area contributed by atoms with Gasteiger partial charge in [-0.1, -0.05) is 19.1 Å². The van der Waals surface area contributed by atoms with Gasteiger partial charge < -0.3 is 14.4 Å². The summed E-state index contributed by atoms with van der Waals surface area (Å²) in [5, 5.41) is 0. The van der Waals surface area contributed by atoms with E-state index in [4.69, 9.17) is 0 Å². The van der Waals surface area contributed by atoms with Crippen molar-refractivity contribution in [1.29, 1.82) is 0 Å². The maximum absolute atomic E-state index is 13.5. The van der Waals surface area contributed by atoms with Crippen LogP contribution in [0.3, 0.4) is 0 Å². The third-order valence-electron chi connectivity index (χ3n) is 7.32. The summed E-state index contributed by atoms with van der Waals surface area (Å²) in [7, 11) is -1.82. The minimum absolute atomic E-state index is 0.106. The number of piperazine rings is 1. The molecule has 1 atom stereocenters. The Morgan fingerprint density at radius 1 is 1.00 bits per heavy atom. The van der Waals surface area contributed by atoms with E-state index in [1.807, 2.05) is 4.90 Å². The van der Waals surface area contributed by atoms with Gasteiger partial charge in [0.05, 0.1) is 0 Å². The monoisotopic (exact) mass is 472 g/mol. The SMILES string of the molecule is Cc1cccc(N2CCN(C(=O)c3cc(S(=O)(=O)N4CCC(C)CC4)c(C)n3C)CC2C)c1. The van der Waals surface area contributed by atoms with E-state index in [1.165, 1.54) is 11.3 Å². The molecule has 3 heterocycles. The number of aryl methyl sites for hydroxylation is 1. The van der Waals surface area contributed by atoms with Gasteiger partial charge >= 0.3 is 0 Å². The second-order valence-corrected chi connectivity index (χ2v) is 11.7. The predicted molar refractivity (Wildman–Crippen MR) is 131 cm³/mol. The van der Waals surface area contributed by atoms with Gasteiger partial charge in [0.2, 0.25) is 10.0 Å². The van der Waals surface area contributed by atoms with Crippen molar-refractivity contribution in [3.8, 4) is 0 Å². The molecule has 4 rings (SSSR count). The minimum Gasteiger partial charge on any atom is -0.365 e.